The minimum absolute atomic E-state index is 0.136. The van der Waals surface area contributed by atoms with Crippen molar-refractivity contribution in [1.29, 1.82) is 0 Å². The maximum Gasteiger partial charge on any atom is 0.0985 e. The van der Waals surface area contributed by atoms with Gasteiger partial charge in [-0.05, 0) is 34.5 Å². The van der Waals surface area contributed by atoms with Crippen LogP contribution in [0.15, 0.2) is 22.1 Å². The van der Waals surface area contributed by atoms with E-state index in [0.29, 0.717) is 5.02 Å². The molecule has 4 nitrogen and oxygen atoms in total. The minimum Gasteiger partial charge on any atom is -0.270 e. The van der Waals surface area contributed by atoms with Crippen LogP contribution < -0.4 is 11.3 Å². The van der Waals surface area contributed by atoms with Gasteiger partial charge in [-0.15, -0.1) is 11.3 Å². The van der Waals surface area contributed by atoms with Crippen LogP contribution in [0.25, 0.3) is 0 Å². The van der Waals surface area contributed by atoms with Gasteiger partial charge in [0.15, 0.2) is 0 Å². The zero-order valence-electron chi connectivity index (χ0n) is 9.86. The van der Waals surface area contributed by atoms with Crippen molar-refractivity contribution < 1.29 is 0 Å². The summed E-state index contributed by atoms with van der Waals surface area (Å²) in [5, 5.41) is 4.92. The monoisotopic (exact) mass is 348 g/mol. The predicted octanol–water partition coefficient (Wildman–Crippen LogP) is 3.32. The van der Waals surface area contributed by atoms with Crippen LogP contribution in [0.2, 0.25) is 5.02 Å². The third-order valence-corrected chi connectivity index (χ3v) is 4.57. The van der Waals surface area contributed by atoms with Crippen LogP contribution in [-0.4, -0.2) is 9.78 Å². The third kappa shape index (κ3) is 2.78. The molecule has 2 heterocycles. The van der Waals surface area contributed by atoms with Crippen LogP contribution in [-0.2, 0) is 6.54 Å². The molecule has 0 aromatic carbocycles. The molecular weight excluding hydrogens is 336 g/mol. The summed E-state index contributed by atoms with van der Waals surface area (Å²) >= 11 is 11.3. The van der Waals surface area contributed by atoms with Gasteiger partial charge in [0, 0.05) is 11.4 Å². The van der Waals surface area contributed by atoms with Crippen LogP contribution in [0.1, 0.15) is 30.0 Å². The fourth-order valence-corrected chi connectivity index (χ4v) is 3.57. The average Bonchev–Trinajstić information content (AvgIpc) is 2.91. The number of rotatable bonds is 5. The lowest BCUT2D eigenvalue weighted by atomic mass is 10.2. The Hall–Kier alpha value is -0.400. The molecular formula is C11H14BrClN4S. The van der Waals surface area contributed by atoms with Gasteiger partial charge in [0.2, 0.25) is 0 Å². The number of aromatic nitrogens is 2. The highest BCUT2D eigenvalue weighted by molar-refractivity contribution is 9.11. The molecule has 7 heteroatoms. The molecule has 0 bridgehead atoms. The zero-order chi connectivity index (χ0) is 13.1. The van der Waals surface area contributed by atoms with Gasteiger partial charge in [-0.25, -0.2) is 5.43 Å². The number of thiophene rings is 1. The molecule has 0 aliphatic carbocycles. The molecule has 98 valence electrons. The second kappa shape index (κ2) is 6.16. The lowest BCUT2D eigenvalue weighted by Crippen LogP contribution is -2.30. The Labute approximate surface area is 123 Å². The normalized spacial score (nSPS) is 12.9. The Kier molecular flexibility index (Phi) is 4.80. The molecule has 2 aromatic rings. The first-order valence-electron chi connectivity index (χ1n) is 5.60. The quantitative estimate of drug-likeness (QED) is 0.643. The molecule has 0 saturated heterocycles. The Bertz CT molecular complexity index is 525. The highest BCUT2D eigenvalue weighted by Crippen LogP contribution is 2.33. The average molecular weight is 350 g/mol. The van der Waals surface area contributed by atoms with Gasteiger partial charge in [0.25, 0.3) is 0 Å². The Morgan fingerprint density at radius 2 is 2.39 bits per heavy atom. The molecule has 3 N–H and O–H groups in total. The number of hydrogen-bond donors (Lipinski definition) is 2. The van der Waals surface area contributed by atoms with E-state index < -0.39 is 0 Å². The molecule has 18 heavy (non-hydrogen) atoms. The van der Waals surface area contributed by atoms with Crippen molar-refractivity contribution >= 4 is 38.9 Å². The maximum atomic E-state index is 6.22. The van der Waals surface area contributed by atoms with Crippen molar-refractivity contribution in [3.05, 3.63) is 37.7 Å². The van der Waals surface area contributed by atoms with Gasteiger partial charge < -0.3 is 0 Å². The summed E-state index contributed by atoms with van der Waals surface area (Å²) in [5.74, 6) is 5.68. The first-order valence-corrected chi connectivity index (χ1v) is 7.58. The number of hydrazine groups is 1. The second-order valence-corrected chi connectivity index (χ2v) is 6.74. The van der Waals surface area contributed by atoms with E-state index in [1.165, 1.54) is 0 Å². The van der Waals surface area contributed by atoms with Crippen molar-refractivity contribution in [1.82, 2.24) is 15.2 Å². The van der Waals surface area contributed by atoms with Gasteiger partial charge in [-0.2, -0.15) is 5.10 Å². The van der Waals surface area contributed by atoms with Crippen LogP contribution in [0.5, 0.6) is 0 Å². The fourth-order valence-electron chi connectivity index (χ4n) is 1.83. The number of nitrogens with one attached hydrogen (secondary N) is 1. The molecule has 0 aliphatic heterocycles. The van der Waals surface area contributed by atoms with E-state index in [1.54, 1.807) is 17.5 Å². The molecule has 2 aromatic heterocycles. The Morgan fingerprint density at radius 3 is 2.94 bits per heavy atom. The molecule has 0 saturated carbocycles. The van der Waals surface area contributed by atoms with E-state index in [-0.39, 0.29) is 6.04 Å². The first-order chi connectivity index (χ1) is 8.67. The highest BCUT2D eigenvalue weighted by atomic mass is 79.9. The zero-order valence-corrected chi connectivity index (χ0v) is 13.0. The van der Waals surface area contributed by atoms with Gasteiger partial charge >= 0.3 is 0 Å². The summed E-state index contributed by atoms with van der Waals surface area (Å²) < 4.78 is 2.97. The molecule has 2 rings (SSSR count). The number of nitrogens with zero attached hydrogens (tertiary/aromatic N) is 2. The molecule has 0 fully saturated rings. The van der Waals surface area contributed by atoms with Gasteiger partial charge in [0.05, 0.1) is 26.7 Å². The fraction of sp³-hybridized carbons (Fsp3) is 0.364. The number of hydrogen-bond acceptors (Lipinski definition) is 4. The van der Waals surface area contributed by atoms with Crippen molar-refractivity contribution in [2.24, 2.45) is 5.84 Å². The largest absolute Gasteiger partial charge is 0.270 e. The minimum atomic E-state index is -0.136. The van der Waals surface area contributed by atoms with E-state index in [2.05, 4.69) is 33.4 Å². The van der Waals surface area contributed by atoms with Crippen LogP contribution in [0, 0.1) is 0 Å². The number of aryl methyl sites for hydroxylation is 1. The summed E-state index contributed by atoms with van der Waals surface area (Å²) in [4.78, 5) is 1.10. The standard InChI is InChI=1S/C11H14BrClN4S/c1-2-5-17-11(7(13)6-15-17)10(16-14)8-3-4-9(12)18-8/h3-4,6,10,16H,2,5,14H2,1H3. The molecule has 1 unspecified atom stereocenters. The molecule has 1 atom stereocenters. The van der Waals surface area contributed by atoms with E-state index in [0.717, 1.165) is 27.3 Å². The van der Waals surface area contributed by atoms with Crippen molar-refractivity contribution in [2.75, 3.05) is 0 Å². The predicted molar refractivity (Wildman–Crippen MR) is 78.7 cm³/mol. The van der Waals surface area contributed by atoms with E-state index >= 15 is 0 Å². The SMILES string of the molecule is CCCn1ncc(Cl)c1C(NN)c1ccc(Br)s1. The second-order valence-electron chi connectivity index (χ2n) is 3.84. The summed E-state index contributed by atoms with van der Waals surface area (Å²) in [6.45, 7) is 2.93. The number of halogens is 2. The smallest absolute Gasteiger partial charge is 0.0985 e. The van der Waals surface area contributed by atoms with Gasteiger partial charge in [-0.1, -0.05) is 18.5 Å². The van der Waals surface area contributed by atoms with Crippen LogP contribution in [0.4, 0.5) is 0 Å². The molecule has 0 radical (unpaired) electrons. The van der Waals surface area contributed by atoms with Gasteiger partial charge in [-0.3, -0.25) is 10.5 Å². The summed E-state index contributed by atoms with van der Waals surface area (Å²) in [7, 11) is 0. The Balaban J connectivity index is 2.41. The third-order valence-electron chi connectivity index (χ3n) is 2.59. The van der Waals surface area contributed by atoms with Crippen molar-refractivity contribution in [2.45, 2.75) is 25.9 Å². The van der Waals surface area contributed by atoms with E-state index in [9.17, 15) is 0 Å². The molecule has 0 spiro atoms. The topological polar surface area (TPSA) is 55.9 Å². The summed E-state index contributed by atoms with van der Waals surface area (Å²) in [6, 6.07) is 3.89. The highest BCUT2D eigenvalue weighted by Gasteiger charge is 2.22. The van der Waals surface area contributed by atoms with Crippen LogP contribution >= 0.6 is 38.9 Å². The lowest BCUT2D eigenvalue weighted by Gasteiger charge is -2.16. The van der Waals surface area contributed by atoms with Crippen molar-refractivity contribution in [3.63, 3.8) is 0 Å². The van der Waals surface area contributed by atoms with E-state index in [1.807, 2.05) is 16.8 Å². The summed E-state index contributed by atoms with van der Waals surface area (Å²) in [5.41, 5.74) is 3.73. The van der Waals surface area contributed by atoms with Gasteiger partial charge in [0.1, 0.15) is 0 Å². The first kappa shape index (κ1) is 14.0. The van der Waals surface area contributed by atoms with Crippen molar-refractivity contribution in [3.8, 4) is 0 Å². The molecule has 0 amide bonds. The number of nitrogens with two attached hydrogens (primary N) is 1. The Morgan fingerprint density at radius 1 is 1.61 bits per heavy atom. The maximum absolute atomic E-state index is 6.22. The summed E-state index contributed by atoms with van der Waals surface area (Å²) in [6.07, 6.45) is 2.66. The lowest BCUT2D eigenvalue weighted by molar-refractivity contribution is 0.524. The molecule has 0 aliphatic rings. The van der Waals surface area contributed by atoms with E-state index in [4.69, 9.17) is 17.4 Å². The van der Waals surface area contributed by atoms with Crippen LogP contribution in [0.3, 0.4) is 0 Å².